The molecule has 0 amide bonds. The molecule has 0 bridgehead atoms. The average molecular weight is 290 g/mol. The number of rotatable bonds is 5. The molecule has 0 aliphatic rings. The topological polar surface area (TPSA) is 43.4 Å². The van der Waals surface area contributed by atoms with Gasteiger partial charge in [0.15, 0.2) is 0 Å². The highest BCUT2D eigenvalue weighted by Gasteiger charge is 2.14. The Hall–Kier alpha value is -1.65. The first-order chi connectivity index (χ1) is 9.51. The summed E-state index contributed by atoms with van der Waals surface area (Å²) in [7, 11) is -3.69. The van der Waals surface area contributed by atoms with Crippen LogP contribution in [0.4, 0.5) is 0 Å². The van der Waals surface area contributed by atoms with E-state index < -0.39 is 10.1 Å². The van der Waals surface area contributed by atoms with Crippen molar-refractivity contribution in [1.29, 1.82) is 0 Å². The van der Waals surface area contributed by atoms with Crippen LogP contribution in [0.2, 0.25) is 0 Å². The second kappa shape index (κ2) is 6.20. The van der Waals surface area contributed by atoms with Crippen molar-refractivity contribution < 1.29 is 12.6 Å². The monoisotopic (exact) mass is 290 g/mol. The van der Waals surface area contributed by atoms with E-state index in [9.17, 15) is 8.42 Å². The van der Waals surface area contributed by atoms with Crippen LogP contribution in [0.5, 0.6) is 0 Å². The zero-order chi connectivity index (χ0) is 14.6. The van der Waals surface area contributed by atoms with Crippen molar-refractivity contribution in [2.45, 2.75) is 31.8 Å². The molecule has 0 saturated heterocycles. The van der Waals surface area contributed by atoms with E-state index in [0.29, 0.717) is 0 Å². The second-order valence-electron chi connectivity index (χ2n) is 4.70. The van der Waals surface area contributed by atoms with E-state index in [1.165, 1.54) is 5.56 Å². The largest absolute Gasteiger partial charge is 0.297 e. The number of benzene rings is 2. The normalized spacial score (nSPS) is 11.5. The molecule has 0 aromatic heterocycles. The highest BCUT2D eigenvalue weighted by molar-refractivity contribution is 7.86. The highest BCUT2D eigenvalue weighted by atomic mass is 32.2. The summed E-state index contributed by atoms with van der Waals surface area (Å²) < 4.78 is 29.1. The van der Waals surface area contributed by atoms with E-state index >= 15 is 0 Å². The third-order valence-corrected chi connectivity index (χ3v) is 4.40. The molecule has 0 aliphatic carbocycles. The molecule has 0 heterocycles. The number of hydrogen-bond acceptors (Lipinski definition) is 3. The van der Waals surface area contributed by atoms with Crippen molar-refractivity contribution in [1.82, 2.24) is 0 Å². The fourth-order valence-corrected chi connectivity index (χ4v) is 2.69. The van der Waals surface area contributed by atoms with Crippen LogP contribution in [0.1, 0.15) is 23.6 Å². The molecule has 4 heteroatoms. The van der Waals surface area contributed by atoms with Gasteiger partial charge < -0.3 is 0 Å². The van der Waals surface area contributed by atoms with Crippen LogP contribution in [0.15, 0.2) is 53.4 Å². The maximum absolute atomic E-state index is 12.0. The van der Waals surface area contributed by atoms with Crippen molar-refractivity contribution in [2.24, 2.45) is 0 Å². The fourth-order valence-electron chi connectivity index (χ4n) is 1.79. The molecular weight excluding hydrogens is 272 g/mol. The fraction of sp³-hybridized carbons (Fsp3) is 0.250. The van der Waals surface area contributed by atoms with E-state index in [1.807, 2.05) is 31.2 Å². The molecule has 0 spiro atoms. The molecule has 2 rings (SSSR count). The minimum absolute atomic E-state index is 0.0558. The predicted molar refractivity (Wildman–Crippen MR) is 79.0 cm³/mol. The third kappa shape index (κ3) is 3.68. The Bertz CT molecular complexity index is 656. The van der Waals surface area contributed by atoms with Gasteiger partial charge in [0.1, 0.15) is 0 Å². The van der Waals surface area contributed by atoms with Gasteiger partial charge in [0.05, 0.1) is 11.5 Å². The quantitative estimate of drug-likeness (QED) is 0.792. The summed E-state index contributed by atoms with van der Waals surface area (Å²) in [6, 6.07) is 14.4. The van der Waals surface area contributed by atoms with E-state index in [-0.39, 0.29) is 11.5 Å². The lowest BCUT2D eigenvalue weighted by Gasteiger charge is -2.06. The van der Waals surface area contributed by atoms with Gasteiger partial charge in [-0.2, -0.15) is 8.42 Å². The Labute approximate surface area is 120 Å². The smallest absolute Gasteiger partial charge is 0.262 e. The standard InChI is InChI=1S/C16H18O3S/c1-3-14-6-8-15(9-7-14)12-19-20(17,18)16-10-4-13(2)5-11-16/h4-11H,3,12H2,1-2H3. The molecular formula is C16H18O3S. The Morgan fingerprint density at radius 1 is 0.900 bits per heavy atom. The molecule has 2 aromatic carbocycles. The predicted octanol–water partition coefficient (Wildman–Crippen LogP) is 3.46. The molecule has 2 aromatic rings. The lowest BCUT2D eigenvalue weighted by molar-refractivity contribution is 0.308. The molecule has 3 nitrogen and oxygen atoms in total. The molecule has 0 atom stereocenters. The summed E-state index contributed by atoms with van der Waals surface area (Å²) >= 11 is 0. The summed E-state index contributed by atoms with van der Waals surface area (Å²) in [6.45, 7) is 4.04. The zero-order valence-electron chi connectivity index (χ0n) is 11.7. The lowest BCUT2D eigenvalue weighted by Crippen LogP contribution is -2.06. The van der Waals surface area contributed by atoms with Crippen LogP contribution in [0, 0.1) is 6.92 Å². The van der Waals surface area contributed by atoms with Crippen molar-refractivity contribution in [3.8, 4) is 0 Å². The van der Waals surface area contributed by atoms with Gasteiger partial charge in [0.2, 0.25) is 0 Å². The van der Waals surface area contributed by atoms with Gasteiger partial charge in [-0.1, -0.05) is 48.9 Å². The van der Waals surface area contributed by atoms with Crippen LogP contribution in [-0.2, 0) is 27.3 Å². The lowest BCUT2D eigenvalue weighted by atomic mass is 10.1. The molecule has 0 saturated carbocycles. The minimum atomic E-state index is -3.69. The number of hydrogen-bond donors (Lipinski definition) is 0. The molecule has 0 aliphatic heterocycles. The van der Waals surface area contributed by atoms with Gasteiger partial charge in [-0.25, -0.2) is 0 Å². The highest BCUT2D eigenvalue weighted by Crippen LogP contribution is 2.15. The maximum Gasteiger partial charge on any atom is 0.297 e. The summed E-state index contributed by atoms with van der Waals surface area (Å²) in [5.41, 5.74) is 3.08. The van der Waals surface area contributed by atoms with Gasteiger partial charge in [-0.15, -0.1) is 0 Å². The average Bonchev–Trinajstić information content (AvgIpc) is 2.46. The SMILES string of the molecule is CCc1ccc(COS(=O)(=O)c2ccc(C)cc2)cc1. The Kier molecular flexibility index (Phi) is 4.57. The van der Waals surface area contributed by atoms with Crippen molar-refractivity contribution in [2.75, 3.05) is 0 Å². The van der Waals surface area contributed by atoms with Gasteiger partial charge in [-0.3, -0.25) is 4.18 Å². The van der Waals surface area contributed by atoms with Crippen molar-refractivity contribution >= 4 is 10.1 Å². The van der Waals surface area contributed by atoms with Crippen LogP contribution < -0.4 is 0 Å². The van der Waals surface area contributed by atoms with Crippen LogP contribution >= 0.6 is 0 Å². The van der Waals surface area contributed by atoms with Crippen molar-refractivity contribution in [3.05, 3.63) is 65.2 Å². The molecule has 0 unspecified atom stereocenters. The Morgan fingerprint density at radius 2 is 1.45 bits per heavy atom. The molecule has 20 heavy (non-hydrogen) atoms. The minimum Gasteiger partial charge on any atom is -0.262 e. The first kappa shape index (κ1) is 14.8. The first-order valence-electron chi connectivity index (χ1n) is 6.55. The van der Waals surface area contributed by atoms with E-state index in [4.69, 9.17) is 4.18 Å². The Morgan fingerprint density at radius 3 is 2.00 bits per heavy atom. The first-order valence-corrected chi connectivity index (χ1v) is 7.96. The van der Waals surface area contributed by atoms with Gasteiger partial charge in [-0.05, 0) is 36.6 Å². The van der Waals surface area contributed by atoms with Gasteiger partial charge in [0, 0.05) is 0 Å². The molecule has 106 valence electrons. The van der Waals surface area contributed by atoms with Gasteiger partial charge in [0.25, 0.3) is 10.1 Å². The van der Waals surface area contributed by atoms with Crippen LogP contribution in [0.25, 0.3) is 0 Å². The summed E-state index contributed by atoms with van der Waals surface area (Å²) in [5.74, 6) is 0. The Balaban J connectivity index is 2.06. The van der Waals surface area contributed by atoms with Crippen LogP contribution in [0.3, 0.4) is 0 Å². The van der Waals surface area contributed by atoms with Crippen LogP contribution in [-0.4, -0.2) is 8.42 Å². The summed E-state index contributed by atoms with van der Waals surface area (Å²) in [4.78, 5) is 0.188. The van der Waals surface area contributed by atoms with E-state index in [0.717, 1.165) is 17.5 Å². The number of aryl methyl sites for hydroxylation is 2. The second-order valence-corrected chi connectivity index (χ2v) is 6.31. The molecule has 0 N–H and O–H groups in total. The summed E-state index contributed by atoms with van der Waals surface area (Å²) in [6.07, 6.45) is 0.961. The molecule has 0 radical (unpaired) electrons. The third-order valence-electron chi connectivity index (χ3n) is 3.12. The van der Waals surface area contributed by atoms with E-state index in [2.05, 4.69) is 6.92 Å². The summed E-state index contributed by atoms with van der Waals surface area (Å²) in [5, 5.41) is 0. The molecule has 0 fully saturated rings. The van der Waals surface area contributed by atoms with Gasteiger partial charge >= 0.3 is 0 Å². The van der Waals surface area contributed by atoms with Crippen molar-refractivity contribution in [3.63, 3.8) is 0 Å². The maximum atomic E-state index is 12.0. The zero-order valence-corrected chi connectivity index (χ0v) is 12.5. The van der Waals surface area contributed by atoms with E-state index in [1.54, 1.807) is 24.3 Å².